The molecule has 0 saturated heterocycles. The molecule has 6 heteroatoms. The smallest absolute Gasteiger partial charge is 0.451 e. The van der Waals surface area contributed by atoms with Gasteiger partial charge in [-0.3, -0.25) is 4.55 Å². The van der Waals surface area contributed by atoms with Crippen molar-refractivity contribution in [3.05, 3.63) is 0 Å². The molecule has 0 saturated carbocycles. The van der Waals surface area contributed by atoms with Gasteiger partial charge < -0.3 is 4.74 Å². The Morgan fingerprint density at radius 2 is 1.67 bits per heavy atom. The average Bonchev–Trinajstić information content (AvgIpc) is 2.14. The van der Waals surface area contributed by atoms with Crippen LogP contribution in [-0.2, 0) is 14.9 Å². The lowest BCUT2D eigenvalue weighted by Crippen LogP contribution is -2.15. The lowest BCUT2D eigenvalue weighted by molar-refractivity contribution is 0.166. The molecule has 0 aromatic heterocycles. The predicted octanol–water partition coefficient (Wildman–Crippen LogP) is 2.37. The number of hydrogen-bond acceptors (Lipinski definition) is 4. The fraction of sp³-hybridized carbons (Fsp3) is 0.889. The van der Waals surface area contributed by atoms with Crippen LogP contribution in [0.1, 0.15) is 45.4 Å². The fourth-order valence-electron chi connectivity index (χ4n) is 1.11. The number of ether oxygens (including phenoxy) is 1. The van der Waals surface area contributed by atoms with Crippen molar-refractivity contribution in [3.8, 4) is 0 Å². The molecule has 0 atom stereocenters. The van der Waals surface area contributed by atoms with Gasteiger partial charge in [0.25, 0.3) is 0 Å². The van der Waals surface area contributed by atoms with E-state index >= 15 is 0 Å². The van der Waals surface area contributed by atoms with Crippen molar-refractivity contribution in [2.24, 2.45) is 0 Å². The van der Waals surface area contributed by atoms with Gasteiger partial charge in [-0.1, -0.05) is 39.0 Å². The molecule has 0 aromatic rings. The van der Waals surface area contributed by atoms with Gasteiger partial charge >= 0.3 is 15.4 Å². The van der Waals surface area contributed by atoms with Gasteiger partial charge in [0.2, 0.25) is 0 Å². The van der Waals surface area contributed by atoms with Crippen LogP contribution in [0.25, 0.3) is 0 Å². The molecule has 0 amide bonds. The summed E-state index contributed by atoms with van der Waals surface area (Å²) in [6, 6.07) is 0. The SMILES string of the molecule is CCCCCCCCOC(=O)S(=O)(=O)O. The van der Waals surface area contributed by atoms with Crippen molar-refractivity contribution in [1.29, 1.82) is 0 Å². The van der Waals surface area contributed by atoms with Crippen molar-refractivity contribution < 1.29 is 22.5 Å². The Balaban J connectivity index is 3.36. The highest BCUT2D eigenvalue weighted by Gasteiger charge is 2.19. The van der Waals surface area contributed by atoms with E-state index in [1.165, 1.54) is 6.42 Å². The first kappa shape index (κ1) is 14.4. The van der Waals surface area contributed by atoms with Crippen molar-refractivity contribution in [2.75, 3.05) is 6.61 Å². The first-order valence-electron chi connectivity index (χ1n) is 5.12. The molecule has 0 spiro atoms. The zero-order valence-electron chi connectivity index (χ0n) is 8.94. The maximum absolute atomic E-state index is 10.5. The van der Waals surface area contributed by atoms with Crippen molar-refractivity contribution in [1.82, 2.24) is 0 Å². The molecule has 5 nitrogen and oxygen atoms in total. The van der Waals surface area contributed by atoms with Gasteiger partial charge in [-0.05, 0) is 6.42 Å². The van der Waals surface area contributed by atoms with Gasteiger partial charge in [-0.15, -0.1) is 0 Å². The molecule has 0 aromatic carbocycles. The number of hydrogen-bond donors (Lipinski definition) is 1. The van der Waals surface area contributed by atoms with E-state index in [1.807, 2.05) is 0 Å². The average molecular weight is 238 g/mol. The molecule has 0 bridgehead atoms. The Morgan fingerprint density at radius 1 is 1.13 bits per heavy atom. The number of carbonyl (C=O) groups is 1. The molecule has 0 unspecified atom stereocenters. The first-order valence-corrected chi connectivity index (χ1v) is 6.56. The van der Waals surface area contributed by atoms with Crippen LogP contribution >= 0.6 is 0 Å². The third-order valence-electron chi connectivity index (χ3n) is 1.93. The summed E-state index contributed by atoms with van der Waals surface area (Å²) in [4.78, 5) is 10.5. The molecule has 0 aliphatic heterocycles. The van der Waals surface area contributed by atoms with Crippen LogP contribution in [-0.4, -0.2) is 24.9 Å². The van der Waals surface area contributed by atoms with E-state index in [0.29, 0.717) is 6.42 Å². The van der Waals surface area contributed by atoms with Crippen LogP contribution in [0.5, 0.6) is 0 Å². The minimum Gasteiger partial charge on any atom is -0.452 e. The van der Waals surface area contributed by atoms with Crippen LogP contribution < -0.4 is 0 Å². The molecule has 0 rings (SSSR count). The Hall–Kier alpha value is -0.620. The third kappa shape index (κ3) is 8.38. The molecule has 0 radical (unpaired) electrons. The first-order chi connectivity index (χ1) is 6.98. The highest BCUT2D eigenvalue weighted by molar-refractivity contribution is 8.00. The van der Waals surface area contributed by atoms with Gasteiger partial charge in [0, 0.05) is 0 Å². The summed E-state index contributed by atoms with van der Waals surface area (Å²) in [5.41, 5.74) is 0. The normalized spacial score (nSPS) is 11.3. The quantitative estimate of drug-likeness (QED) is 0.418. The standard InChI is InChI=1S/C9H18O5S/c1-2-3-4-5-6-7-8-14-9(10)15(11,12)13/h2-8H2,1H3,(H,11,12,13). The Labute approximate surface area is 90.6 Å². The second-order valence-electron chi connectivity index (χ2n) is 3.34. The van der Waals surface area contributed by atoms with E-state index in [4.69, 9.17) is 4.55 Å². The summed E-state index contributed by atoms with van der Waals surface area (Å²) in [5, 5.41) is -1.56. The summed E-state index contributed by atoms with van der Waals surface area (Å²) in [6.07, 6.45) is 6.08. The summed E-state index contributed by atoms with van der Waals surface area (Å²) >= 11 is 0. The number of unbranched alkanes of at least 4 members (excludes halogenated alkanes) is 5. The van der Waals surface area contributed by atoms with Crippen LogP contribution in [0.15, 0.2) is 0 Å². The monoisotopic (exact) mass is 238 g/mol. The lowest BCUT2D eigenvalue weighted by Gasteiger charge is -2.02. The minimum atomic E-state index is -4.67. The minimum absolute atomic E-state index is 0.0464. The predicted molar refractivity (Wildman–Crippen MR) is 56.3 cm³/mol. The van der Waals surface area contributed by atoms with Crippen LogP contribution in [0.2, 0.25) is 0 Å². The van der Waals surface area contributed by atoms with Crippen LogP contribution in [0.3, 0.4) is 0 Å². The highest BCUT2D eigenvalue weighted by atomic mass is 32.2. The summed E-state index contributed by atoms with van der Waals surface area (Å²) < 4.78 is 33.0. The van der Waals surface area contributed by atoms with Crippen molar-refractivity contribution >= 4 is 15.4 Å². The van der Waals surface area contributed by atoms with E-state index in [2.05, 4.69) is 11.7 Å². The second-order valence-corrected chi connectivity index (χ2v) is 4.62. The maximum Gasteiger partial charge on any atom is 0.451 e. The summed E-state index contributed by atoms with van der Waals surface area (Å²) in [7, 11) is -4.67. The fourth-order valence-corrected chi connectivity index (χ4v) is 1.34. The molecule has 0 heterocycles. The third-order valence-corrected chi connectivity index (χ3v) is 2.47. The Morgan fingerprint density at radius 3 is 2.20 bits per heavy atom. The molecule has 90 valence electrons. The van der Waals surface area contributed by atoms with Crippen molar-refractivity contribution in [2.45, 2.75) is 45.4 Å². The lowest BCUT2D eigenvalue weighted by atomic mass is 10.1. The molecule has 0 fully saturated rings. The van der Waals surface area contributed by atoms with E-state index in [1.54, 1.807) is 0 Å². The molecular formula is C9H18O5S. The molecule has 0 aliphatic rings. The highest BCUT2D eigenvalue weighted by Crippen LogP contribution is 2.05. The molecule has 1 N–H and O–H groups in total. The van der Waals surface area contributed by atoms with Gasteiger partial charge in [-0.25, -0.2) is 4.79 Å². The molecule has 15 heavy (non-hydrogen) atoms. The van der Waals surface area contributed by atoms with Gasteiger partial charge in [0.1, 0.15) is 0 Å². The van der Waals surface area contributed by atoms with Crippen LogP contribution in [0, 0.1) is 0 Å². The van der Waals surface area contributed by atoms with Crippen molar-refractivity contribution in [3.63, 3.8) is 0 Å². The zero-order valence-corrected chi connectivity index (χ0v) is 9.75. The Bertz CT molecular complexity index is 270. The van der Waals surface area contributed by atoms with Crippen LogP contribution in [0.4, 0.5) is 4.79 Å². The largest absolute Gasteiger partial charge is 0.452 e. The maximum atomic E-state index is 10.5. The van der Waals surface area contributed by atoms with E-state index in [9.17, 15) is 13.2 Å². The second kappa shape index (κ2) is 7.64. The number of rotatable bonds is 7. The Kier molecular flexibility index (Phi) is 7.33. The van der Waals surface area contributed by atoms with E-state index < -0.39 is 15.4 Å². The molecular weight excluding hydrogens is 220 g/mol. The topological polar surface area (TPSA) is 80.7 Å². The number of carbonyl (C=O) groups excluding carboxylic acids is 1. The van der Waals surface area contributed by atoms with Gasteiger partial charge in [0.05, 0.1) is 6.61 Å². The summed E-state index contributed by atoms with van der Waals surface area (Å²) in [6.45, 7) is 2.17. The van der Waals surface area contributed by atoms with E-state index in [-0.39, 0.29) is 6.61 Å². The zero-order chi connectivity index (χ0) is 11.7. The van der Waals surface area contributed by atoms with Gasteiger partial charge in [0.15, 0.2) is 0 Å². The summed E-state index contributed by atoms with van der Waals surface area (Å²) in [5.74, 6) is 0. The van der Waals surface area contributed by atoms with Gasteiger partial charge in [-0.2, -0.15) is 8.42 Å². The van der Waals surface area contributed by atoms with E-state index in [0.717, 1.165) is 25.7 Å². The molecule has 0 aliphatic carbocycles.